The Balaban J connectivity index is 1.62. The average molecular weight is 691 g/mol. The Bertz CT molecular complexity index is 1210. The molecule has 0 saturated carbocycles. The summed E-state index contributed by atoms with van der Waals surface area (Å²) in [5.41, 5.74) is 7.08. The van der Waals surface area contributed by atoms with Crippen LogP contribution in [0.5, 0.6) is 11.5 Å². The van der Waals surface area contributed by atoms with Gasteiger partial charge in [-0.1, -0.05) is 142 Å². The minimum absolute atomic E-state index is 0.754. The van der Waals surface area contributed by atoms with E-state index in [0.717, 1.165) is 59.3 Å². The summed E-state index contributed by atoms with van der Waals surface area (Å²) in [4.78, 5) is 0. The van der Waals surface area contributed by atoms with Crippen LogP contribution in [0.3, 0.4) is 0 Å². The lowest BCUT2D eigenvalue weighted by molar-refractivity contribution is 0.305. The molecular formula is C38H42Br2O2. The highest BCUT2D eigenvalue weighted by Gasteiger charge is 2.16. The first-order chi connectivity index (χ1) is 20.8. The van der Waals surface area contributed by atoms with Gasteiger partial charge in [-0.15, -0.1) is 0 Å². The van der Waals surface area contributed by atoms with Gasteiger partial charge in [0.15, 0.2) is 0 Å². The summed E-state index contributed by atoms with van der Waals surface area (Å²) >= 11 is 7.02. The summed E-state index contributed by atoms with van der Waals surface area (Å²) in [6.07, 6.45) is 9.50. The SMILES string of the molecule is BrCCCCCCOc1ccc(/C(=C(\c2ccccc2)c2ccc(OCCCCCCBr)cc2)c2ccccc2)cc1. The molecule has 0 N–H and O–H groups in total. The molecule has 2 nitrogen and oxygen atoms in total. The van der Waals surface area contributed by atoms with Gasteiger partial charge in [-0.25, -0.2) is 0 Å². The summed E-state index contributed by atoms with van der Waals surface area (Å²) in [6.45, 7) is 1.51. The molecule has 0 spiro atoms. The van der Waals surface area contributed by atoms with Gasteiger partial charge in [-0.3, -0.25) is 0 Å². The summed E-state index contributed by atoms with van der Waals surface area (Å²) in [6, 6.07) is 38.6. The van der Waals surface area contributed by atoms with Crippen molar-refractivity contribution in [2.45, 2.75) is 51.4 Å². The molecule has 0 bridgehead atoms. The monoisotopic (exact) mass is 688 g/mol. The van der Waals surface area contributed by atoms with Gasteiger partial charge in [0.05, 0.1) is 13.2 Å². The summed E-state index contributed by atoms with van der Waals surface area (Å²) < 4.78 is 12.2. The number of benzene rings is 4. The quantitative estimate of drug-likeness (QED) is 0.0588. The number of rotatable bonds is 18. The molecule has 0 radical (unpaired) electrons. The topological polar surface area (TPSA) is 18.5 Å². The lowest BCUT2D eigenvalue weighted by Crippen LogP contribution is -2.00. The molecule has 4 aromatic carbocycles. The Labute approximate surface area is 269 Å². The number of hydrogen-bond acceptors (Lipinski definition) is 2. The second-order valence-electron chi connectivity index (χ2n) is 10.4. The first-order valence-corrected chi connectivity index (χ1v) is 17.5. The number of unbranched alkanes of at least 4 members (excludes halogenated alkanes) is 6. The molecule has 0 atom stereocenters. The van der Waals surface area contributed by atoms with E-state index in [2.05, 4.69) is 141 Å². The Kier molecular flexibility index (Phi) is 14.3. The molecule has 0 heterocycles. The Morgan fingerprint density at radius 2 is 0.714 bits per heavy atom. The first kappa shape index (κ1) is 32.1. The fourth-order valence-corrected chi connectivity index (χ4v) is 5.83. The van der Waals surface area contributed by atoms with Crippen LogP contribution in [0.4, 0.5) is 0 Å². The van der Waals surface area contributed by atoms with Crippen LogP contribution in [-0.4, -0.2) is 23.9 Å². The fraction of sp³-hybridized carbons (Fsp3) is 0.316. The third-order valence-corrected chi connectivity index (χ3v) is 8.38. The van der Waals surface area contributed by atoms with Gasteiger partial charge in [0, 0.05) is 10.7 Å². The zero-order valence-corrected chi connectivity index (χ0v) is 27.6. The number of halogens is 2. The van der Waals surface area contributed by atoms with Crippen molar-refractivity contribution in [3.8, 4) is 11.5 Å². The lowest BCUT2D eigenvalue weighted by Gasteiger charge is -2.19. The van der Waals surface area contributed by atoms with Crippen LogP contribution in [0.2, 0.25) is 0 Å². The number of alkyl halides is 2. The van der Waals surface area contributed by atoms with Crippen LogP contribution >= 0.6 is 31.9 Å². The van der Waals surface area contributed by atoms with E-state index in [4.69, 9.17) is 9.47 Å². The van der Waals surface area contributed by atoms with Crippen molar-refractivity contribution < 1.29 is 9.47 Å². The van der Waals surface area contributed by atoms with Crippen molar-refractivity contribution in [2.75, 3.05) is 23.9 Å². The van der Waals surface area contributed by atoms with Crippen molar-refractivity contribution in [3.05, 3.63) is 131 Å². The lowest BCUT2D eigenvalue weighted by atomic mass is 9.86. The van der Waals surface area contributed by atoms with E-state index < -0.39 is 0 Å². The first-order valence-electron chi connectivity index (χ1n) is 15.2. The van der Waals surface area contributed by atoms with Crippen LogP contribution in [-0.2, 0) is 0 Å². The van der Waals surface area contributed by atoms with Crippen LogP contribution in [0.25, 0.3) is 11.1 Å². The van der Waals surface area contributed by atoms with Gasteiger partial charge in [-0.05, 0) is 83.3 Å². The molecule has 42 heavy (non-hydrogen) atoms. The van der Waals surface area contributed by atoms with Gasteiger partial charge in [0.1, 0.15) is 11.5 Å². The van der Waals surface area contributed by atoms with Crippen LogP contribution in [0.15, 0.2) is 109 Å². The van der Waals surface area contributed by atoms with E-state index in [1.54, 1.807) is 0 Å². The van der Waals surface area contributed by atoms with E-state index in [9.17, 15) is 0 Å². The summed E-state index contributed by atoms with van der Waals surface area (Å²) in [7, 11) is 0. The zero-order chi connectivity index (χ0) is 29.2. The molecule has 0 saturated heterocycles. The Morgan fingerprint density at radius 1 is 0.381 bits per heavy atom. The Hall–Kier alpha value is -2.82. The standard InChI is InChI=1S/C38H42Br2O2/c39-27-11-1-3-13-29-41-35-23-19-33(20-24-35)37(31-15-7-5-8-16-31)38(32-17-9-6-10-18-32)34-21-25-36(26-22-34)42-30-14-4-2-12-28-40/h5-10,15-26H,1-4,11-14,27-30H2/b38-37+. The van der Waals surface area contributed by atoms with Crippen molar-refractivity contribution in [2.24, 2.45) is 0 Å². The van der Waals surface area contributed by atoms with Gasteiger partial charge < -0.3 is 9.47 Å². The van der Waals surface area contributed by atoms with Crippen LogP contribution in [0.1, 0.15) is 73.6 Å². The van der Waals surface area contributed by atoms with Crippen molar-refractivity contribution in [1.82, 2.24) is 0 Å². The van der Waals surface area contributed by atoms with E-state index in [0.29, 0.717) is 0 Å². The van der Waals surface area contributed by atoms with E-state index in [-0.39, 0.29) is 0 Å². The van der Waals surface area contributed by atoms with Crippen molar-refractivity contribution in [3.63, 3.8) is 0 Å². The number of hydrogen-bond donors (Lipinski definition) is 0. The molecule has 0 unspecified atom stereocenters. The fourth-order valence-electron chi connectivity index (χ4n) is 5.04. The second-order valence-corrected chi connectivity index (χ2v) is 12.0. The van der Waals surface area contributed by atoms with E-state index in [1.807, 2.05) is 0 Å². The second kappa shape index (κ2) is 18.7. The maximum atomic E-state index is 6.09. The highest BCUT2D eigenvalue weighted by Crippen LogP contribution is 2.37. The van der Waals surface area contributed by atoms with Crippen molar-refractivity contribution >= 4 is 43.0 Å². The third-order valence-electron chi connectivity index (χ3n) is 7.25. The molecule has 0 amide bonds. The summed E-state index contributed by atoms with van der Waals surface area (Å²) in [5, 5.41) is 2.15. The van der Waals surface area contributed by atoms with E-state index in [1.165, 1.54) is 60.8 Å². The highest BCUT2D eigenvalue weighted by molar-refractivity contribution is 9.09. The molecule has 0 aliphatic rings. The predicted molar refractivity (Wildman–Crippen MR) is 186 cm³/mol. The molecule has 220 valence electrons. The predicted octanol–water partition coefficient (Wildman–Crippen LogP) is 11.4. The molecule has 4 rings (SSSR count). The normalized spacial score (nSPS) is 11.7. The van der Waals surface area contributed by atoms with Crippen LogP contribution in [0, 0.1) is 0 Å². The molecule has 4 heteroatoms. The van der Waals surface area contributed by atoms with Crippen LogP contribution < -0.4 is 9.47 Å². The highest BCUT2D eigenvalue weighted by atomic mass is 79.9. The molecule has 0 fully saturated rings. The van der Waals surface area contributed by atoms with Crippen molar-refractivity contribution in [1.29, 1.82) is 0 Å². The summed E-state index contributed by atoms with van der Waals surface area (Å²) in [5.74, 6) is 1.84. The maximum absolute atomic E-state index is 6.09. The largest absolute Gasteiger partial charge is 0.494 e. The smallest absolute Gasteiger partial charge is 0.119 e. The van der Waals surface area contributed by atoms with Gasteiger partial charge in [0.2, 0.25) is 0 Å². The van der Waals surface area contributed by atoms with E-state index >= 15 is 0 Å². The minimum Gasteiger partial charge on any atom is -0.494 e. The minimum atomic E-state index is 0.754. The van der Waals surface area contributed by atoms with Gasteiger partial charge in [-0.2, -0.15) is 0 Å². The molecule has 0 aliphatic heterocycles. The molecule has 4 aromatic rings. The maximum Gasteiger partial charge on any atom is 0.119 e. The average Bonchev–Trinajstić information content (AvgIpc) is 3.05. The van der Waals surface area contributed by atoms with Gasteiger partial charge in [0.25, 0.3) is 0 Å². The number of ether oxygens (including phenoxy) is 2. The molecule has 0 aliphatic carbocycles. The third kappa shape index (κ3) is 10.2. The Morgan fingerprint density at radius 3 is 1.07 bits per heavy atom. The molecular weight excluding hydrogens is 648 g/mol. The molecule has 0 aromatic heterocycles. The zero-order valence-electron chi connectivity index (χ0n) is 24.5. The van der Waals surface area contributed by atoms with Gasteiger partial charge >= 0.3 is 0 Å².